The van der Waals surface area contributed by atoms with Gasteiger partial charge in [0.05, 0.1) is 11.8 Å². The molecule has 0 amide bonds. The Balaban J connectivity index is 0.000000343. The molecule has 0 aliphatic carbocycles. The van der Waals surface area contributed by atoms with Crippen molar-refractivity contribution in [2.75, 3.05) is 6.54 Å². The molecule has 1 aliphatic heterocycles. The number of hydrogen-bond donors (Lipinski definition) is 3. The number of pyridine rings is 2. The highest BCUT2D eigenvalue weighted by molar-refractivity contribution is 5.73. The molecule has 14 heteroatoms. The molecule has 3 heterocycles. The molecule has 0 radical (unpaired) electrons. The van der Waals surface area contributed by atoms with Crippen LogP contribution in [-0.2, 0) is 22.6 Å². The van der Waals surface area contributed by atoms with Crippen molar-refractivity contribution in [3.05, 3.63) is 60.2 Å². The van der Waals surface area contributed by atoms with Gasteiger partial charge in [-0.25, -0.2) is 9.59 Å². The van der Waals surface area contributed by atoms with Crippen molar-refractivity contribution in [3.8, 4) is 0 Å². The number of carbonyl (C=O) groups is 2. The SMILES string of the molecule is O=C(O)C(F)(F)F.O=C(O)C(F)(F)F.O[C@H]1CCN(Cc2ccccn2)[C@H]1Cc1cccnc1. The lowest BCUT2D eigenvalue weighted by Gasteiger charge is -2.25. The summed E-state index contributed by atoms with van der Waals surface area (Å²) in [7, 11) is 0. The Kier molecular flexibility index (Phi) is 10.9. The lowest BCUT2D eigenvalue weighted by atomic mass is 10.0. The van der Waals surface area contributed by atoms with Crippen molar-refractivity contribution in [2.45, 2.75) is 43.9 Å². The number of aliphatic hydroxyl groups excluding tert-OH is 1. The Morgan fingerprint density at radius 3 is 2.00 bits per heavy atom. The maximum atomic E-state index is 10.6. The zero-order chi connectivity index (χ0) is 25.9. The molecule has 2 atom stereocenters. The number of halogens is 6. The molecule has 1 saturated heterocycles. The minimum atomic E-state index is -5.08. The number of carboxylic acids is 2. The van der Waals surface area contributed by atoms with Crippen LogP contribution in [0.1, 0.15) is 17.7 Å². The van der Waals surface area contributed by atoms with Crippen molar-refractivity contribution < 1.29 is 51.3 Å². The lowest BCUT2D eigenvalue weighted by molar-refractivity contribution is -0.193. The number of aliphatic carboxylic acids is 2. The van der Waals surface area contributed by atoms with Gasteiger partial charge in [0.2, 0.25) is 0 Å². The first-order valence-corrected chi connectivity index (χ1v) is 9.53. The fourth-order valence-electron chi connectivity index (χ4n) is 2.82. The number of rotatable bonds is 4. The van der Waals surface area contributed by atoms with Gasteiger partial charge in [0.1, 0.15) is 0 Å². The van der Waals surface area contributed by atoms with Crippen molar-refractivity contribution in [2.24, 2.45) is 0 Å². The molecule has 2 aromatic rings. The highest BCUT2D eigenvalue weighted by Gasteiger charge is 2.39. The van der Waals surface area contributed by atoms with E-state index in [4.69, 9.17) is 19.8 Å². The number of hydrogen-bond acceptors (Lipinski definition) is 6. The van der Waals surface area contributed by atoms with Crippen molar-refractivity contribution in [1.29, 1.82) is 0 Å². The number of nitrogens with zero attached hydrogens (tertiary/aromatic N) is 3. The van der Waals surface area contributed by atoms with Gasteiger partial charge >= 0.3 is 24.3 Å². The van der Waals surface area contributed by atoms with Crippen LogP contribution in [-0.4, -0.2) is 73.2 Å². The van der Waals surface area contributed by atoms with E-state index < -0.39 is 24.3 Å². The summed E-state index contributed by atoms with van der Waals surface area (Å²) in [5.74, 6) is -5.51. The van der Waals surface area contributed by atoms with E-state index in [-0.39, 0.29) is 12.1 Å². The van der Waals surface area contributed by atoms with E-state index in [0.717, 1.165) is 31.6 Å². The number of alkyl halides is 6. The summed E-state index contributed by atoms with van der Waals surface area (Å²) < 4.78 is 63.5. The van der Waals surface area contributed by atoms with Gasteiger partial charge in [0.25, 0.3) is 0 Å². The van der Waals surface area contributed by atoms with Gasteiger partial charge < -0.3 is 15.3 Å². The molecule has 1 aliphatic rings. The van der Waals surface area contributed by atoms with E-state index in [1.54, 1.807) is 6.20 Å². The minimum Gasteiger partial charge on any atom is -0.475 e. The summed E-state index contributed by atoms with van der Waals surface area (Å²) in [4.78, 5) is 28.6. The van der Waals surface area contributed by atoms with Crippen LogP contribution in [0.15, 0.2) is 48.9 Å². The lowest BCUT2D eigenvalue weighted by Crippen LogP contribution is -2.36. The largest absolute Gasteiger partial charge is 0.490 e. The zero-order valence-electron chi connectivity index (χ0n) is 17.4. The molecular weight excluding hydrogens is 476 g/mol. The van der Waals surface area contributed by atoms with E-state index in [1.165, 1.54) is 5.56 Å². The number of aromatic nitrogens is 2. The Bertz CT molecular complexity index is 873. The molecular formula is C20H21F6N3O5. The second-order valence-corrected chi connectivity index (χ2v) is 6.89. The van der Waals surface area contributed by atoms with Crippen LogP contribution in [0.5, 0.6) is 0 Å². The summed E-state index contributed by atoms with van der Waals surface area (Å²) in [5, 5.41) is 24.5. The normalized spacial score (nSPS) is 18.2. The van der Waals surface area contributed by atoms with Crippen LogP contribution in [0.4, 0.5) is 26.3 Å². The van der Waals surface area contributed by atoms with Gasteiger partial charge in [-0.2, -0.15) is 26.3 Å². The average molecular weight is 497 g/mol. The summed E-state index contributed by atoms with van der Waals surface area (Å²) >= 11 is 0. The maximum Gasteiger partial charge on any atom is 0.490 e. The molecule has 3 N–H and O–H groups in total. The smallest absolute Gasteiger partial charge is 0.475 e. The van der Waals surface area contributed by atoms with Gasteiger partial charge in [0, 0.05) is 37.7 Å². The minimum absolute atomic E-state index is 0.154. The first kappa shape index (κ1) is 28.8. The Hall–Kier alpha value is -3.26. The van der Waals surface area contributed by atoms with Gasteiger partial charge in [-0.3, -0.25) is 14.9 Å². The first-order chi connectivity index (χ1) is 15.7. The molecule has 0 spiro atoms. The standard InChI is InChI=1S/C16H19N3O.2C2HF3O2/c20-16-6-9-19(12-14-5-1-2-8-18-14)15(16)10-13-4-3-7-17-11-13;2*3-2(4,5)1(6)7/h1-5,7-8,11,15-16,20H,6,9-10,12H2;2*(H,6,7)/t15-,16-;;/m0../s1. The molecule has 0 aromatic carbocycles. The predicted molar refractivity (Wildman–Crippen MR) is 104 cm³/mol. The van der Waals surface area contributed by atoms with Gasteiger partial charge in [-0.15, -0.1) is 0 Å². The van der Waals surface area contributed by atoms with Crippen LogP contribution < -0.4 is 0 Å². The molecule has 188 valence electrons. The summed E-state index contributed by atoms with van der Waals surface area (Å²) in [5.41, 5.74) is 2.22. The van der Waals surface area contributed by atoms with Crippen LogP contribution in [0.2, 0.25) is 0 Å². The molecule has 8 nitrogen and oxygen atoms in total. The second kappa shape index (κ2) is 12.8. The molecule has 2 aromatic heterocycles. The highest BCUT2D eigenvalue weighted by atomic mass is 19.4. The van der Waals surface area contributed by atoms with E-state index in [9.17, 15) is 31.4 Å². The third kappa shape index (κ3) is 10.6. The van der Waals surface area contributed by atoms with Crippen LogP contribution in [0.3, 0.4) is 0 Å². The Morgan fingerprint density at radius 1 is 0.971 bits per heavy atom. The summed E-state index contributed by atoms with van der Waals surface area (Å²) in [6.45, 7) is 1.71. The zero-order valence-corrected chi connectivity index (χ0v) is 17.4. The second-order valence-electron chi connectivity index (χ2n) is 6.89. The van der Waals surface area contributed by atoms with Crippen LogP contribution >= 0.6 is 0 Å². The predicted octanol–water partition coefficient (Wildman–Crippen LogP) is 2.92. The average Bonchev–Trinajstić information content (AvgIpc) is 3.08. The molecule has 34 heavy (non-hydrogen) atoms. The first-order valence-electron chi connectivity index (χ1n) is 9.53. The van der Waals surface area contributed by atoms with Crippen LogP contribution in [0.25, 0.3) is 0 Å². The van der Waals surface area contributed by atoms with Gasteiger partial charge in [-0.05, 0) is 36.6 Å². The molecule has 0 bridgehead atoms. The number of carboxylic acid groups (broad SMARTS) is 2. The van der Waals surface area contributed by atoms with E-state index in [1.807, 2.05) is 36.7 Å². The van der Waals surface area contributed by atoms with Crippen molar-refractivity contribution in [1.82, 2.24) is 14.9 Å². The number of aliphatic hydroxyl groups is 1. The van der Waals surface area contributed by atoms with E-state index in [2.05, 4.69) is 20.9 Å². The third-order valence-corrected chi connectivity index (χ3v) is 4.37. The molecule has 3 rings (SSSR count). The van der Waals surface area contributed by atoms with Gasteiger partial charge in [-0.1, -0.05) is 12.1 Å². The molecule has 1 fully saturated rings. The van der Waals surface area contributed by atoms with E-state index >= 15 is 0 Å². The topological polar surface area (TPSA) is 124 Å². The summed E-state index contributed by atoms with van der Waals surface area (Å²) in [6, 6.07) is 10.1. The maximum absolute atomic E-state index is 10.6. The van der Waals surface area contributed by atoms with E-state index in [0.29, 0.717) is 0 Å². The van der Waals surface area contributed by atoms with Gasteiger partial charge in [0.15, 0.2) is 0 Å². The summed E-state index contributed by atoms with van der Waals surface area (Å²) in [6.07, 6.45) is -3.29. The molecule has 0 unspecified atom stereocenters. The fraction of sp³-hybridized carbons (Fsp3) is 0.400. The quantitative estimate of drug-likeness (QED) is 0.551. The Morgan fingerprint density at radius 2 is 1.56 bits per heavy atom. The highest BCUT2D eigenvalue weighted by Crippen LogP contribution is 2.23. The van der Waals surface area contributed by atoms with Crippen molar-refractivity contribution >= 4 is 11.9 Å². The third-order valence-electron chi connectivity index (χ3n) is 4.37. The number of likely N-dealkylation sites (tertiary alicyclic amines) is 1. The fourth-order valence-corrected chi connectivity index (χ4v) is 2.82. The van der Waals surface area contributed by atoms with Crippen molar-refractivity contribution in [3.63, 3.8) is 0 Å². The molecule has 0 saturated carbocycles. The monoisotopic (exact) mass is 497 g/mol. The van der Waals surface area contributed by atoms with Crippen LogP contribution in [0, 0.1) is 0 Å². The Labute approximate surface area is 189 Å².